The highest BCUT2D eigenvalue weighted by atomic mass is 32.1. The van der Waals surface area contributed by atoms with Crippen LogP contribution >= 0.6 is 12.2 Å². The molecule has 6 rings (SSSR count). The molecule has 0 heterocycles. The van der Waals surface area contributed by atoms with Gasteiger partial charge in [0, 0.05) is 16.8 Å². The summed E-state index contributed by atoms with van der Waals surface area (Å²) in [6, 6.07) is 36.8. The molecule has 0 saturated carbocycles. The Morgan fingerprint density at radius 2 is 1.15 bits per heavy atom. The van der Waals surface area contributed by atoms with Crippen LogP contribution in [-0.2, 0) is 0 Å². The third-order valence-electron chi connectivity index (χ3n) is 5.94. The number of rotatable bonds is 4. The molecule has 0 fully saturated rings. The van der Waals surface area contributed by atoms with Crippen molar-refractivity contribution in [3.05, 3.63) is 109 Å². The Morgan fingerprint density at radius 1 is 0.529 bits per heavy atom. The van der Waals surface area contributed by atoms with E-state index in [2.05, 4.69) is 75.5 Å². The number of nitrogens with one attached hydrogen (secondary N) is 2. The van der Waals surface area contributed by atoms with Crippen molar-refractivity contribution in [3.63, 3.8) is 0 Å². The van der Waals surface area contributed by atoms with Crippen LogP contribution in [0.25, 0.3) is 32.3 Å². The van der Waals surface area contributed by atoms with E-state index in [1.807, 2.05) is 54.6 Å². The molecule has 5 heteroatoms. The third kappa shape index (κ3) is 3.83. The second-order valence-electron chi connectivity index (χ2n) is 8.13. The van der Waals surface area contributed by atoms with Crippen LogP contribution in [0.1, 0.15) is 0 Å². The molecule has 34 heavy (non-hydrogen) atoms. The summed E-state index contributed by atoms with van der Waals surface area (Å²) in [7, 11) is 0. The summed E-state index contributed by atoms with van der Waals surface area (Å²) in [4.78, 5) is 0. The number of azo groups is 1. The van der Waals surface area contributed by atoms with Crippen LogP contribution in [0.15, 0.2) is 119 Å². The van der Waals surface area contributed by atoms with E-state index in [4.69, 9.17) is 12.2 Å². The number of anilines is 2. The molecule has 0 aliphatic heterocycles. The van der Waals surface area contributed by atoms with Gasteiger partial charge in [0.25, 0.3) is 0 Å². The minimum absolute atomic E-state index is 0.536. The second-order valence-corrected chi connectivity index (χ2v) is 8.54. The quantitative estimate of drug-likeness (QED) is 0.158. The lowest BCUT2D eigenvalue weighted by atomic mass is 9.93. The van der Waals surface area contributed by atoms with Gasteiger partial charge in [0.15, 0.2) is 5.11 Å². The lowest BCUT2D eigenvalue weighted by molar-refractivity contribution is 1.23. The van der Waals surface area contributed by atoms with Crippen molar-refractivity contribution in [2.75, 3.05) is 10.6 Å². The number of hydrogen-bond acceptors (Lipinski definition) is 3. The Morgan fingerprint density at radius 3 is 1.88 bits per heavy atom. The summed E-state index contributed by atoms with van der Waals surface area (Å²) in [6.45, 7) is 0. The van der Waals surface area contributed by atoms with Gasteiger partial charge in [-0.2, -0.15) is 10.2 Å². The maximum Gasteiger partial charge on any atom is 0.175 e. The molecule has 2 N–H and O–H groups in total. The molecule has 0 saturated heterocycles. The van der Waals surface area contributed by atoms with E-state index in [-0.39, 0.29) is 0 Å². The summed E-state index contributed by atoms with van der Waals surface area (Å²) < 4.78 is 0. The van der Waals surface area contributed by atoms with Crippen molar-refractivity contribution in [3.8, 4) is 0 Å². The van der Waals surface area contributed by atoms with Gasteiger partial charge in [0.05, 0.1) is 11.4 Å². The molecule has 0 bridgehead atoms. The second kappa shape index (κ2) is 8.54. The number of benzene rings is 6. The van der Waals surface area contributed by atoms with E-state index >= 15 is 0 Å². The van der Waals surface area contributed by atoms with E-state index in [1.54, 1.807) is 0 Å². The first-order chi connectivity index (χ1) is 16.7. The SMILES string of the molecule is S=C(Nc1ccc(N=Nc2ccccc2)cc1)Nc1ccc2ccc3cccc4ccc1c2c34. The van der Waals surface area contributed by atoms with Crippen LogP contribution in [-0.4, -0.2) is 5.11 Å². The number of nitrogens with zero attached hydrogens (tertiary/aromatic N) is 2. The molecule has 0 atom stereocenters. The minimum atomic E-state index is 0.536. The maximum absolute atomic E-state index is 5.62. The predicted octanol–water partition coefficient (Wildman–Crippen LogP) is 8.81. The summed E-state index contributed by atoms with van der Waals surface area (Å²) >= 11 is 5.62. The van der Waals surface area contributed by atoms with Gasteiger partial charge in [-0.1, -0.05) is 66.7 Å². The molecule has 0 aliphatic carbocycles. The Hall–Kier alpha value is -4.35. The summed E-state index contributed by atoms with van der Waals surface area (Å²) in [5.41, 5.74) is 3.47. The highest BCUT2D eigenvalue weighted by Gasteiger charge is 2.11. The maximum atomic E-state index is 5.62. The lowest BCUT2D eigenvalue weighted by Crippen LogP contribution is -2.19. The van der Waals surface area contributed by atoms with E-state index < -0.39 is 0 Å². The Balaban J connectivity index is 1.22. The topological polar surface area (TPSA) is 48.8 Å². The molecule has 4 nitrogen and oxygen atoms in total. The van der Waals surface area contributed by atoms with Crippen molar-refractivity contribution in [2.45, 2.75) is 0 Å². The van der Waals surface area contributed by atoms with Gasteiger partial charge in [0.1, 0.15) is 0 Å². The van der Waals surface area contributed by atoms with E-state index in [9.17, 15) is 0 Å². The van der Waals surface area contributed by atoms with Crippen LogP contribution in [0.2, 0.25) is 0 Å². The van der Waals surface area contributed by atoms with Crippen molar-refractivity contribution < 1.29 is 0 Å². The molecule has 6 aromatic carbocycles. The van der Waals surface area contributed by atoms with Gasteiger partial charge in [-0.3, -0.25) is 0 Å². The standard InChI is InChI=1S/C29H20N4S/c34-29(30-22-13-15-24(16-14-22)33-32-23-7-2-1-3-8-23)31-26-18-12-21-10-9-19-5-4-6-20-11-17-25(26)28(21)27(19)20/h1-18H,(H2,30,31,34). The number of hydrogen-bond donors (Lipinski definition) is 2. The first-order valence-electron chi connectivity index (χ1n) is 11.1. The molecule has 0 unspecified atom stereocenters. The molecular weight excluding hydrogens is 436 g/mol. The monoisotopic (exact) mass is 456 g/mol. The largest absolute Gasteiger partial charge is 0.332 e. The van der Waals surface area contributed by atoms with E-state index in [0.717, 1.165) is 28.1 Å². The summed E-state index contributed by atoms with van der Waals surface area (Å²) in [5.74, 6) is 0. The van der Waals surface area contributed by atoms with Gasteiger partial charge < -0.3 is 10.6 Å². The minimum Gasteiger partial charge on any atom is -0.332 e. The highest BCUT2D eigenvalue weighted by Crippen LogP contribution is 2.37. The van der Waals surface area contributed by atoms with Gasteiger partial charge in [0.2, 0.25) is 0 Å². The van der Waals surface area contributed by atoms with Crippen LogP contribution in [0.3, 0.4) is 0 Å². The van der Waals surface area contributed by atoms with Gasteiger partial charge >= 0.3 is 0 Å². The average Bonchev–Trinajstić information content (AvgIpc) is 2.88. The lowest BCUT2D eigenvalue weighted by Gasteiger charge is -2.16. The first kappa shape index (κ1) is 20.3. The molecule has 0 radical (unpaired) electrons. The molecule has 0 amide bonds. The van der Waals surface area contributed by atoms with Crippen molar-refractivity contribution >= 4 is 72.4 Å². The first-order valence-corrected chi connectivity index (χ1v) is 11.5. The zero-order valence-corrected chi connectivity index (χ0v) is 19.0. The zero-order chi connectivity index (χ0) is 22.9. The molecular formula is C29H20N4S. The molecule has 162 valence electrons. The Labute approximate surface area is 202 Å². The Bertz CT molecular complexity index is 1640. The fourth-order valence-corrected chi connectivity index (χ4v) is 4.58. The van der Waals surface area contributed by atoms with Gasteiger partial charge in [-0.15, -0.1) is 0 Å². The summed E-state index contributed by atoms with van der Waals surface area (Å²) in [5, 5.41) is 23.2. The van der Waals surface area contributed by atoms with Gasteiger partial charge in [-0.25, -0.2) is 0 Å². The molecule has 6 aromatic rings. The normalized spacial score (nSPS) is 11.5. The highest BCUT2D eigenvalue weighted by molar-refractivity contribution is 7.80. The summed E-state index contributed by atoms with van der Waals surface area (Å²) in [6.07, 6.45) is 0. The van der Waals surface area contributed by atoms with Crippen molar-refractivity contribution in [1.82, 2.24) is 0 Å². The molecule has 0 aromatic heterocycles. The van der Waals surface area contributed by atoms with Crippen molar-refractivity contribution in [2.24, 2.45) is 10.2 Å². The van der Waals surface area contributed by atoms with Crippen LogP contribution in [0.5, 0.6) is 0 Å². The van der Waals surface area contributed by atoms with E-state index in [1.165, 1.54) is 26.9 Å². The van der Waals surface area contributed by atoms with Crippen LogP contribution in [0, 0.1) is 0 Å². The van der Waals surface area contributed by atoms with Crippen LogP contribution in [0.4, 0.5) is 22.7 Å². The van der Waals surface area contributed by atoms with Crippen molar-refractivity contribution in [1.29, 1.82) is 0 Å². The smallest absolute Gasteiger partial charge is 0.175 e. The predicted molar refractivity (Wildman–Crippen MR) is 147 cm³/mol. The molecule has 0 aliphatic rings. The number of thiocarbonyl (C=S) groups is 1. The average molecular weight is 457 g/mol. The molecule has 0 spiro atoms. The zero-order valence-electron chi connectivity index (χ0n) is 18.2. The Kier molecular flexibility index (Phi) is 5.09. The van der Waals surface area contributed by atoms with Crippen LogP contribution < -0.4 is 10.6 Å². The van der Waals surface area contributed by atoms with Gasteiger partial charge in [-0.05, 0) is 81.6 Å². The fraction of sp³-hybridized carbons (Fsp3) is 0. The fourth-order valence-electron chi connectivity index (χ4n) is 4.35. The third-order valence-corrected chi connectivity index (χ3v) is 6.14. The van der Waals surface area contributed by atoms with E-state index in [0.29, 0.717) is 5.11 Å².